The van der Waals surface area contributed by atoms with Gasteiger partial charge in [0, 0.05) is 29.2 Å². The molecule has 7 heteroatoms. The van der Waals surface area contributed by atoms with E-state index in [4.69, 9.17) is 4.42 Å². The van der Waals surface area contributed by atoms with Crippen LogP contribution in [-0.4, -0.2) is 46.5 Å². The molecule has 166 valence electrons. The number of carbonyl (C=O) groups excluding carboxylic acids is 1. The Morgan fingerprint density at radius 3 is 2.56 bits per heavy atom. The largest absolute Gasteiger partial charge is 0.442 e. The monoisotopic (exact) mass is 542 g/mol. The minimum atomic E-state index is 0.0430. The van der Waals surface area contributed by atoms with E-state index < -0.39 is 0 Å². The molecule has 3 atom stereocenters. The van der Waals surface area contributed by atoms with Crippen LogP contribution in [0.25, 0.3) is 11.1 Å². The Bertz CT molecular complexity index is 1250. The maximum atomic E-state index is 13.8. The topological polar surface area (TPSA) is 62.5 Å². The first kappa shape index (κ1) is 20.4. The van der Waals surface area contributed by atoms with E-state index in [9.17, 15) is 4.79 Å². The van der Waals surface area contributed by atoms with Gasteiger partial charge in [-0.15, -0.1) is 0 Å². The quantitative estimate of drug-likeness (QED) is 0.435. The van der Waals surface area contributed by atoms with Crippen molar-refractivity contribution in [1.82, 2.24) is 14.9 Å². The lowest BCUT2D eigenvalue weighted by molar-refractivity contribution is 0.0763. The van der Waals surface area contributed by atoms with Gasteiger partial charge in [-0.2, -0.15) is 0 Å². The fraction of sp³-hybridized carbons (Fsp3) is 0.480. The third-order valence-electron chi connectivity index (χ3n) is 8.27. The minimum Gasteiger partial charge on any atom is -0.442 e. The molecule has 6 rings (SSSR count). The van der Waals surface area contributed by atoms with Crippen LogP contribution in [0.1, 0.15) is 54.3 Å². The van der Waals surface area contributed by atoms with Gasteiger partial charge in [0.25, 0.3) is 5.91 Å². The van der Waals surface area contributed by atoms with Gasteiger partial charge in [0.05, 0.1) is 10.9 Å². The molecular formula is C25H27IN4O2. The number of piperidine rings is 1. The van der Waals surface area contributed by atoms with Crippen LogP contribution in [-0.2, 0) is 0 Å². The normalized spacial score (nSPS) is 27.5. The van der Waals surface area contributed by atoms with Crippen LogP contribution in [0.3, 0.4) is 0 Å². The predicted octanol–water partition coefficient (Wildman–Crippen LogP) is 5.00. The molecule has 32 heavy (non-hydrogen) atoms. The van der Waals surface area contributed by atoms with E-state index in [-0.39, 0.29) is 16.9 Å². The van der Waals surface area contributed by atoms with E-state index in [0.29, 0.717) is 28.9 Å². The zero-order valence-electron chi connectivity index (χ0n) is 18.9. The Hall–Kier alpha value is -2.16. The second kappa shape index (κ2) is 6.68. The molecule has 3 aliphatic rings. The molecule has 2 aromatic heterocycles. The Morgan fingerprint density at radius 2 is 1.94 bits per heavy atom. The summed E-state index contributed by atoms with van der Waals surface area (Å²) in [5.74, 6) is 2.50. The Morgan fingerprint density at radius 1 is 1.22 bits per heavy atom. The molecule has 1 aliphatic heterocycles. The van der Waals surface area contributed by atoms with Gasteiger partial charge in [0.15, 0.2) is 0 Å². The lowest BCUT2D eigenvalue weighted by Crippen LogP contribution is -2.34. The summed E-state index contributed by atoms with van der Waals surface area (Å²) in [4.78, 5) is 26.9. The molecule has 3 heterocycles. The first-order valence-corrected chi connectivity index (χ1v) is 12.3. The van der Waals surface area contributed by atoms with Crippen molar-refractivity contribution in [3.63, 3.8) is 0 Å². The van der Waals surface area contributed by atoms with Gasteiger partial charge >= 0.3 is 0 Å². The van der Waals surface area contributed by atoms with Crippen molar-refractivity contribution in [1.29, 1.82) is 0 Å². The van der Waals surface area contributed by atoms with Gasteiger partial charge in [-0.05, 0) is 84.2 Å². The first-order valence-electron chi connectivity index (χ1n) is 11.3. The number of benzene rings is 1. The smallest absolute Gasteiger partial charge is 0.258 e. The number of aryl methyl sites for hydroxylation is 1. The zero-order valence-corrected chi connectivity index (χ0v) is 21.0. The highest BCUT2D eigenvalue weighted by Gasteiger charge is 2.66. The van der Waals surface area contributed by atoms with E-state index >= 15 is 0 Å². The molecular weight excluding hydrogens is 515 g/mol. The number of halogens is 1. The third kappa shape index (κ3) is 2.85. The van der Waals surface area contributed by atoms with E-state index in [1.165, 1.54) is 15.5 Å². The molecule has 0 bridgehead atoms. The van der Waals surface area contributed by atoms with Crippen molar-refractivity contribution in [2.75, 3.05) is 25.0 Å². The minimum absolute atomic E-state index is 0.0430. The van der Waals surface area contributed by atoms with Crippen LogP contribution in [0, 0.1) is 21.8 Å². The molecule has 0 radical (unpaired) electrons. The molecule has 1 saturated heterocycles. The number of amides is 1. The summed E-state index contributed by atoms with van der Waals surface area (Å²) in [5.41, 5.74) is 2.76. The SMILES string of the molecule is Cc1oc2ncnc(N(C)C3(C)CC3)c2c1C(=O)N1C[C@H]2[C@H](c3ccc(I)cc3)[C@@]2(C)C1. The highest BCUT2D eigenvalue weighted by molar-refractivity contribution is 14.1. The highest BCUT2D eigenvalue weighted by atomic mass is 127. The van der Waals surface area contributed by atoms with Crippen molar-refractivity contribution < 1.29 is 9.21 Å². The van der Waals surface area contributed by atoms with Crippen LogP contribution in [0.15, 0.2) is 35.0 Å². The number of carbonyl (C=O) groups is 1. The van der Waals surface area contributed by atoms with Crippen molar-refractivity contribution in [2.24, 2.45) is 11.3 Å². The van der Waals surface area contributed by atoms with Crippen LogP contribution in [0.2, 0.25) is 0 Å². The summed E-state index contributed by atoms with van der Waals surface area (Å²) in [6.45, 7) is 7.98. The van der Waals surface area contributed by atoms with Gasteiger partial charge in [-0.3, -0.25) is 4.79 Å². The molecule has 1 amide bonds. The number of furan rings is 1. The number of aromatic nitrogens is 2. The fourth-order valence-electron chi connectivity index (χ4n) is 5.81. The predicted molar refractivity (Wildman–Crippen MR) is 132 cm³/mol. The van der Waals surface area contributed by atoms with Crippen LogP contribution < -0.4 is 4.90 Å². The molecule has 0 spiro atoms. The van der Waals surface area contributed by atoms with Crippen LogP contribution in [0.5, 0.6) is 0 Å². The second-order valence-corrected chi connectivity index (χ2v) is 11.5. The maximum absolute atomic E-state index is 13.8. The van der Waals surface area contributed by atoms with Crippen molar-refractivity contribution in [3.05, 3.63) is 51.1 Å². The molecule has 0 N–H and O–H groups in total. The number of nitrogens with zero attached hydrogens (tertiary/aromatic N) is 4. The number of hydrogen-bond acceptors (Lipinski definition) is 5. The maximum Gasteiger partial charge on any atom is 0.258 e. The number of hydrogen-bond donors (Lipinski definition) is 0. The summed E-state index contributed by atoms with van der Waals surface area (Å²) < 4.78 is 7.20. The molecule has 6 nitrogen and oxygen atoms in total. The fourth-order valence-corrected chi connectivity index (χ4v) is 6.17. The Balaban J connectivity index is 1.31. The van der Waals surface area contributed by atoms with Crippen molar-refractivity contribution in [3.8, 4) is 0 Å². The van der Waals surface area contributed by atoms with Gasteiger partial charge in [0.1, 0.15) is 17.9 Å². The number of likely N-dealkylation sites (tertiary alicyclic amines) is 1. The summed E-state index contributed by atoms with van der Waals surface area (Å²) >= 11 is 2.35. The van der Waals surface area contributed by atoms with Gasteiger partial charge in [-0.25, -0.2) is 9.97 Å². The summed E-state index contributed by atoms with van der Waals surface area (Å²) in [5, 5.41) is 0.755. The lowest BCUT2D eigenvalue weighted by atomic mass is 10.0. The van der Waals surface area contributed by atoms with Crippen molar-refractivity contribution >= 4 is 45.4 Å². The molecule has 0 unspecified atom stereocenters. The average molecular weight is 542 g/mol. The average Bonchev–Trinajstić information content (AvgIpc) is 3.54. The van der Waals surface area contributed by atoms with E-state index in [0.717, 1.165) is 37.1 Å². The standard InChI is InChI=1S/C25H27IN4O2/c1-14-18(19-21(27-13-28-22(19)32-14)29(4)24(2)9-10-24)23(31)30-11-17-20(25(17,3)12-30)15-5-7-16(26)8-6-15/h5-8,13,17,20H,9-12H2,1-4H3/t17-,20-,25-/m0/s1. The first-order chi connectivity index (χ1) is 15.2. The zero-order chi connectivity index (χ0) is 22.4. The second-order valence-electron chi connectivity index (χ2n) is 10.3. The van der Waals surface area contributed by atoms with Crippen LogP contribution in [0.4, 0.5) is 5.82 Å². The highest BCUT2D eigenvalue weighted by Crippen LogP contribution is 2.68. The van der Waals surface area contributed by atoms with Gasteiger partial charge in [-0.1, -0.05) is 19.1 Å². The number of rotatable bonds is 4. The third-order valence-corrected chi connectivity index (χ3v) is 8.99. The summed E-state index contributed by atoms with van der Waals surface area (Å²) in [6.07, 6.45) is 3.79. The molecule has 1 aromatic carbocycles. The Labute approximate surface area is 201 Å². The molecule has 2 aliphatic carbocycles. The number of fused-ring (bicyclic) bond motifs is 2. The van der Waals surface area contributed by atoms with E-state index in [2.05, 4.69) is 82.6 Å². The van der Waals surface area contributed by atoms with Crippen molar-refractivity contribution in [2.45, 2.75) is 45.1 Å². The van der Waals surface area contributed by atoms with E-state index in [1.54, 1.807) is 0 Å². The lowest BCUT2D eigenvalue weighted by Gasteiger charge is -2.27. The molecule has 3 aromatic rings. The molecule has 2 saturated carbocycles. The summed E-state index contributed by atoms with van der Waals surface area (Å²) in [7, 11) is 2.06. The molecule has 3 fully saturated rings. The summed E-state index contributed by atoms with van der Waals surface area (Å²) in [6, 6.07) is 8.84. The van der Waals surface area contributed by atoms with Gasteiger partial charge < -0.3 is 14.2 Å². The van der Waals surface area contributed by atoms with Gasteiger partial charge in [0.2, 0.25) is 5.71 Å². The van der Waals surface area contributed by atoms with E-state index in [1.807, 2.05) is 11.8 Å². The van der Waals surface area contributed by atoms with Crippen LogP contribution >= 0.6 is 22.6 Å². The number of anilines is 1. The Kier molecular flexibility index (Phi) is 4.27.